The van der Waals surface area contributed by atoms with Crippen molar-refractivity contribution in [3.05, 3.63) is 77.5 Å². The number of rotatable bonds is 3. The lowest BCUT2D eigenvalue weighted by atomic mass is 9.95. The van der Waals surface area contributed by atoms with E-state index in [1.165, 1.54) is 0 Å². The molecule has 0 fully saturated rings. The quantitative estimate of drug-likeness (QED) is 0.666. The van der Waals surface area contributed by atoms with Gasteiger partial charge in [-0.05, 0) is 24.1 Å². The number of benzene rings is 2. The second-order valence-corrected chi connectivity index (χ2v) is 4.72. The summed E-state index contributed by atoms with van der Waals surface area (Å²) in [7, 11) is 0. The van der Waals surface area contributed by atoms with E-state index in [2.05, 4.69) is 11.9 Å². The van der Waals surface area contributed by atoms with Gasteiger partial charge in [0.25, 0.3) is 0 Å². The summed E-state index contributed by atoms with van der Waals surface area (Å²) in [5.41, 5.74) is 3.29. The first-order valence-corrected chi connectivity index (χ1v) is 6.77. The Bertz CT molecular complexity index is 772. The molecule has 20 heavy (non-hydrogen) atoms. The number of fused-ring (bicyclic) bond motifs is 1. The van der Waals surface area contributed by atoms with Crippen molar-refractivity contribution >= 4 is 16.7 Å². The normalized spacial score (nSPS) is 10.7. The number of hydrogen-bond acceptors (Lipinski definition) is 2. The zero-order chi connectivity index (χ0) is 13.9. The molecule has 0 aliphatic heterocycles. The molecule has 3 aromatic rings. The average molecular weight is 261 g/mol. The number of aromatic nitrogens is 1. The molecule has 2 heteroatoms. The number of para-hydroxylation sites is 1. The van der Waals surface area contributed by atoms with Crippen molar-refractivity contribution in [3.8, 4) is 0 Å². The number of hydrogen-bond donors (Lipinski definition) is 0. The number of carbonyl (C=O) groups is 1. The molecule has 0 bridgehead atoms. The van der Waals surface area contributed by atoms with Crippen LogP contribution >= 0.6 is 0 Å². The van der Waals surface area contributed by atoms with E-state index < -0.39 is 0 Å². The second-order valence-electron chi connectivity index (χ2n) is 4.72. The van der Waals surface area contributed by atoms with Gasteiger partial charge in [-0.2, -0.15) is 0 Å². The summed E-state index contributed by atoms with van der Waals surface area (Å²) in [5, 5.41) is 0.993. The minimum absolute atomic E-state index is 0.0479. The maximum absolute atomic E-state index is 12.8. The van der Waals surface area contributed by atoms with Gasteiger partial charge in [0.05, 0.1) is 5.52 Å². The molecule has 1 aromatic heterocycles. The van der Waals surface area contributed by atoms with E-state index in [9.17, 15) is 4.79 Å². The van der Waals surface area contributed by atoms with Crippen LogP contribution in [0.25, 0.3) is 10.9 Å². The lowest BCUT2D eigenvalue weighted by Gasteiger charge is -2.08. The van der Waals surface area contributed by atoms with Crippen LogP contribution in [0.1, 0.15) is 28.4 Å². The lowest BCUT2D eigenvalue weighted by molar-refractivity contribution is 0.103. The molecule has 0 radical (unpaired) electrons. The monoisotopic (exact) mass is 261 g/mol. The maximum Gasteiger partial charge on any atom is 0.195 e. The average Bonchev–Trinajstić information content (AvgIpc) is 2.53. The van der Waals surface area contributed by atoms with Crippen LogP contribution in [0.4, 0.5) is 0 Å². The van der Waals surface area contributed by atoms with Crippen LogP contribution < -0.4 is 0 Å². The van der Waals surface area contributed by atoms with Gasteiger partial charge in [0.2, 0.25) is 0 Å². The summed E-state index contributed by atoms with van der Waals surface area (Å²) in [6.07, 6.45) is 2.57. The molecular weight excluding hydrogens is 246 g/mol. The van der Waals surface area contributed by atoms with E-state index in [0.29, 0.717) is 5.56 Å². The zero-order valence-corrected chi connectivity index (χ0v) is 11.3. The van der Waals surface area contributed by atoms with Gasteiger partial charge in [-0.15, -0.1) is 0 Å². The molecule has 1 heterocycles. The van der Waals surface area contributed by atoms with E-state index in [4.69, 9.17) is 0 Å². The number of aryl methyl sites for hydroxylation is 1. The highest BCUT2D eigenvalue weighted by Gasteiger charge is 2.15. The van der Waals surface area contributed by atoms with E-state index >= 15 is 0 Å². The standard InChI is InChI=1S/C18H15NO/c1-2-13-7-3-4-10-15(13)18(20)16-11-5-8-14-9-6-12-19-17(14)16/h3-12H,2H2,1H3. The fourth-order valence-corrected chi connectivity index (χ4v) is 2.48. The second kappa shape index (κ2) is 5.25. The summed E-state index contributed by atoms with van der Waals surface area (Å²) in [5.74, 6) is 0.0479. The molecule has 3 rings (SSSR count). The maximum atomic E-state index is 12.8. The van der Waals surface area contributed by atoms with Crippen LogP contribution in [0.15, 0.2) is 60.8 Å². The Morgan fingerprint density at radius 2 is 1.70 bits per heavy atom. The van der Waals surface area contributed by atoms with E-state index in [1.807, 2.05) is 54.6 Å². The third-order valence-electron chi connectivity index (χ3n) is 3.52. The molecule has 0 saturated carbocycles. The Labute approximate surface area is 118 Å². The first-order valence-electron chi connectivity index (χ1n) is 6.77. The Hall–Kier alpha value is -2.48. The fraction of sp³-hybridized carbons (Fsp3) is 0.111. The van der Waals surface area contributed by atoms with Gasteiger partial charge in [-0.3, -0.25) is 9.78 Å². The van der Waals surface area contributed by atoms with Crippen molar-refractivity contribution in [1.29, 1.82) is 0 Å². The Morgan fingerprint density at radius 3 is 2.55 bits per heavy atom. The minimum Gasteiger partial charge on any atom is -0.289 e. The van der Waals surface area contributed by atoms with Gasteiger partial charge >= 0.3 is 0 Å². The van der Waals surface area contributed by atoms with E-state index in [0.717, 1.165) is 28.5 Å². The van der Waals surface area contributed by atoms with E-state index in [1.54, 1.807) is 6.20 Å². The largest absolute Gasteiger partial charge is 0.289 e. The molecule has 0 saturated heterocycles. The number of pyridine rings is 1. The molecule has 0 aliphatic carbocycles. The van der Waals surface area contributed by atoms with Crippen molar-refractivity contribution < 1.29 is 4.79 Å². The van der Waals surface area contributed by atoms with Gasteiger partial charge in [-0.25, -0.2) is 0 Å². The van der Waals surface area contributed by atoms with Gasteiger partial charge in [-0.1, -0.05) is 49.4 Å². The summed E-state index contributed by atoms with van der Waals surface area (Å²) in [6, 6.07) is 17.4. The highest BCUT2D eigenvalue weighted by Crippen LogP contribution is 2.21. The third kappa shape index (κ3) is 2.10. The van der Waals surface area contributed by atoms with Crippen molar-refractivity contribution in [2.24, 2.45) is 0 Å². The summed E-state index contributed by atoms with van der Waals surface area (Å²) < 4.78 is 0. The number of ketones is 1. The highest BCUT2D eigenvalue weighted by atomic mass is 16.1. The van der Waals surface area contributed by atoms with Crippen LogP contribution in [-0.4, -0.2) is 10.8 Å². The summed E-state index contributed by atoms with van der Waals surface area (Å²) >= 11 is 0. The molecule has 2 nitrogen and oxygen atoms in total. The lowest BCUT2D eigenvalue weighted by Crippen LogP contribution is -2.06. The molecule has 98 valence electrons. The van der Waals surface area contributed by atoms with Gasteiger partial charge < -0.3 is 0 Å². The topological polar surface area (TPSA) is 30.0 Å². The van der Waals surface area contributed by atoms with Crippen LogP contribution in [0, 0.1) is 0 Å². The zero-order valence-electron chi connectivity index (χ0n) is 11.3. The molecule has 0 N–H and O–H groups in total. The first-order chi connectivity index (χ1) is 9.81. The minimum atomic E-state index is 0.0479. The molecule has 0 unspecified atom stereocenters. The molecule has 0 atom stereocenters. The summed E-state index contributed by atoms with van der Waals surface area (Å²) in [6.45, 7) is 2.06. The van der Waals surface area contributed by atoms with Crippen molar-refractivity contribution in [1.82, 2.24) is 4.98 Å². The van der Waals surface area contributed by atoms with Crippen LogP contribution in [0.5, 0.6) is 0 Å². The van der Waals surface area contributed by atoms with Crippen molar-refractivity contribution in [2.45, 2.75) is 13.3 Å². The predicted molar refractivity (Wildman–Crippen MR) is 81.0 cm³/mol. The molecule has 2 aromatic carbocycles. The molecular formula is C18H15NO. The Kier molecular flexibility index (Phi) is 3.30. The van der Waals surface area contributed by atoms with E-state index in [-0.39, 0.29) is 5.78 Å². The van der Waals surface area contributed by atoms with Gasteiger partial charge in [0.1, 0.15) is 0 Å². The van der Waals surface area contributed by atoms with Crippen molar-refractivity contribution in [2.75, 3.05) is 0 Å². The highest BCUT2D eigenvalue weighted by molar-refractivity contribution is 6.16. The smallest absolute Gasteiger partial charge is 0.195 e. The molecule has 0 spiro atoms. The van der Waals surface area contributed by atoms with Crippen LogP contribution in [0.3, 0.4) is 0 Å². The first kappa shape index (κ1) is 12.5. The number of carbonyl (C=O) groups excluding carboxylic acids is 1. The SMILES string of the molecule is CCc1ccccc1C(=O)c1cccc2cccnc12. The third-order valence-corrected chi connectivity index (χ3v) is 3.52. The van der Waals surface area contributed by atoms with Crippen LogP contribution in [0.2, 0.25) is 0 Å². The van der Waals surface area contributed by atoms with Crippen molar-refractivity contribution in [3.63, 3.8) is 0 Å². The van der Waals surface area contributed by atoms with Gasteiger partial charge in [0.15, 0.2) is 5.78 Å². The fourth-order valence-electron chi connectivity index (χ4n) is 2.48. The Balaban J connectivity index is 2.18. The van der Waals surface area contributed by atoms with Gasteiger partial charge in [0, 0.05) is 22.7 Å². The molecule has 0 amide bonds. The number of nitrogens with zero attached hydrogens (tertiary/aromatic N) is 1. The predicted octanol–water partition coefficient (Wildman–Crippen LogP) is 4.03. The van der Waals surface area contributed by atoms with Crippen LogP contribution in [-0.2, 0) is 6.42 Å². The molecule has 0 aliphatic rings. The Morgan fingerprint density at radius 1 is 0.950 bits per heavy atom. The summed E-state index contributed by atoms with van der Waals surface area (Å²) in [4.78, 5) is 17.2.